The van der Waals surface area contributed by atoms with Gasteiger partial charge in [0.15, 0.2) is 0 Å². The molecule has 1 aromatic carbocycles. The van der Waals surface area contributed by atoms with E-state index in [4.69, 9.17) is 11.1 Å². The van der Waals surface area contributed by atoms with Crippen molar-refractivity contribution in [2.45, 2.75) is 26.7 Å². The van der Waals surface area contributed by atoms with Crippen LogP contribution in [-0.4, -0.2) is 9.97 Å². The molecule has 0 fully saturated rings. The summed E-state index contributed by atoms with van der Waals surface area (Å²) < 4.78 is 0. The Hall–Kier alpha value is -2.65. The topological polar surface area (TPSA) is 99.6 Å². The van der Waals surface area contributed by atoms with E-state index in [9.17, 15) is 0 Å². The lowest BCUT2D eigenvalue weighted by Crippen LogP contribution is -2.14. The van der Waals surface area contributed by atoms with E-state index in [0.29, 0.717) is 28.7 Å². The van der Waals surface area contributed by atoms with Gasteiger partial charge in [-0.15, -0.1) is 0 Å². The van der Waals surface area contributed by atoms with Gasteiger partial charge in [-0.1, -0.05) is 19.1 Å². The first-order valence-corrected chi connectivity index (χ1v) is 6.79. The van der Waals surface area contributed by atoms with Crippen LogP contribution in [0.5, 0.6) is 0 Å². The number of rotatable bonds is 5. The molecule has 0 aliphatic heterocycles. The first-order valence-electron chi connectivity index (χ1n) is 6.79. The van der Waals surface area contributed by atoms with Crippen LogP contribution in [0.4, 0.5) is 17.3 Å². The van der Waals surface area contributed by atoms with E-state index in [1.54, 1.807) is 6.07 Å². The summed E-state index contributed by atoms with van der Waals surface area (Å²) >= 11 is 0. The maximum absolute atomic E-state index is 9.15. The standard InChI is InChI=1S/C15H18N6/c1-3-6-13-19-14(10(2)15(20-13)21-17)18-12-8-5-4-7-11(12)9-16/h4-5,7-8H,3,6,17H2,1-2H3,(H2,18,19,20,21). The summed E-state index contributed by atoms with van der Waals surface area (Å²) in [6.07, 6.45) is 1.71. The number of aryl methyl sites for hydroxylation is 1. The number of benzene rings is 1. The number of nitrogens with one attached hydrogen (secondary N) is 2. The van der Waals surface area contributed by atoms with Crippen molar-refractivity contribution in [1.82, 2.24) is 9.97 Å². The van der Waals surface area contributed by atoms with E-state index in [1.807, 2.05) is 25.1 Å². The van der Waals surface area contributed by atoms with Crippen molar-refractivity contribution in [3.05, 3.63) is 41.2 Å². The molecule has 2 rings (SSSR count). The molecule has 21 heavy (non-hydrogen) atoms. The molecule has 0 atom stereocenters. The quantitative estimate of drug-likeness (QED) is 0.576. The van der Waals surface area contributed by atoms with Crippen molar-refractivity contribution in [3.63, 3.8) is 0 Å². The van der Waals surface area contributed by atoms with E-state index in [1.165, 1.54) is 0 Å². The van der Waals surface area contributed by atoms with Gasteiger partial charge in [0.2, 0.25) is 0 Å². The fraction of sp³-hybridized carbons (Fsp3) is 0.267. The minimum atomic E-state index is 0.565. The van der Waals surface area contributed by atoms with E-state index in [0.717, 1.165) is 18.4 Å². The van der Waals surface area contributed by atoms with Crippen molar-refractivity contribution in [2.24, 2.45) is 5.84 Å². The molecular weight excluding hydrogens is 264 g/mol. The number of nitrogens with zero attached hydrogens (tertiary/aromatic N) is 3. The summed E-state index contributed by atoms with van der Waals surface area (Å²) in [6, 6.07) is 9.45. The van der Waals surface area contributed by atoms with E-state index >= 15 is 0 Å². The lowest BCUT2D eigenvalue weighted by atomic mass is 10.2. The molecule has 108 valence electrons. The Morgan fingerprint density at radius 1 is 1.24 bits per heavy atom. The normalized spacial score (nSPS) is 10.0. The van der Waals surface area contributed by atoms with Crippen LogP contribution < -0.4 is 16.6 Å². The highest BCUT2D eigenvalue weighted by molar-refractivity contribution is 5.68. The van der Waals surface area contributed by atoms with Gasteiger partial charge >= 0.3 is 0 Å². The number of nitrogen functional groups attached to an aromatic ring is 1. The number of hydrogen-bond donors (Lipinski definition) is 3. The molecule has 0 unspecified atom stereocenters. The molecular formula is C15H18N6. The third kappa shape index (κ3) is 3.27. The third-order valence-electron chi connectivity index (χ3n) is 3.10. The Morgan fingerprint density at radius 3 is 2.62 bits per heavy atom. The number of hydrazine groups is 1. The van der Waals surface area contributed by atoms with Gasteiger partial charge in [0.05, 0.1) is 11.3 Å². The van der Waals surface area contributed by atoms with Crippen molar-refractivity contribution in [1.29, 1.82) is 5.26 Å². The van der Waals surface area contributed by atoms with Crippen molar-refractivity contribution < 1.29 is 0 Å². The first kappa shape index (κ1) is 14.8. The van der Waals surface area contributed by atoms with Gasteiger partial charge < -0.3 is 10.7 Å². The van der Waals surface area contributed by atoms with Crippen molar-refractivity contribution in [3.8, 4) is 6.07 Å². The van der Waals surface area contributed by atoms with Gasteiger partial charge in [0.25, 0.3) is 0 Å². The summed E-state index contributed by atoms with van der Waals surface area (Å²) in [6.45, 7) is 3.94. The van der Waals surface area contributed by atoms with E-state index in [-0.39, 0.29) is 0 Å². The van der Waals surface area contributed by atoms with Crippen LogP contribution >= 0.6 is 0 Å². The van der Waals surface area contributed by atoms with Crippen LogP contribution in [0.2, 0.25) is 0 Å². The lowest BCUT2D eigenvalue weighted by Gasteiger charge is -2.14. The maximum atomic E-state index is 9.15. The Morgan fingerprint density at radius 2 is 1.95 bits per heavy atom. The Kier molecular flexibility index (Phi) is 4.69. The molecule has 4 N–H and O–H groups in total. The summed E-state index contributed by atoms with van der Waals surface area (Å²) in [4.78, 5) is 8.89. The van der Waals surface area contributed by atoms with Crippen molar-refractivity contribution in [2.75, 3.05) is 10.7 Å². The van der Waals surface area contributed by atoms with E-state index in [2.05, 4.69) is 33.7 Å². The number of nitrogens with two attached hydrogens (primary N) is 1. The molecule has 6 heteroatoms. The second kappa shape index (κ2) is 6.68. The zero-order valence-electron chi connectivity index (χ0n) is 12.1. The SMILES string of the molecule is CCCc1nc(NN)c(C)c(Nc2ccccc2C#N)n1. The predicted molar refractivity (Wildman–Crippen MR) is 83.0 cm³/mol. The Balaban J connectivity index is 2.43. The molecule has 0 bridgehead atoms. The minimum absolute atomic E-state index is 0.565. The molecule has 1 heterocycles. The molecule has 0 amide bonds. The van der Waals surface area contributed by atoms with Gasteiger partial charge in [-0.25, -0.2) is 15.8 Å². The number of anilines is 3. The number of hydrogen-bond acceptors (Lipinski definition) is 6. The zero-order valence-corrected chi connectivity index (χ0v) is 12.1. The van der Waals surface area contributed by atoms with Gasteiger partial charge in [-0.3, -0.25) is 0 Å². The first-order chi connectivity index (χ1) is 10.2. The van der Waals surface area contributed by atoms with Gasteiger partial charge in [0.1, 0.15) is 23.5 Å². The summed E-state index contributed by atoms with van der Waals surface area (Å²) in [5.74, 6) is 7.47. The highest BCUT2D eigenvalue weighted by atomic mass is 15.3. The molecule has 0 aliphatic rings. The Bertz CT molecular complexity index is 674. The molecule has 2 aromatic rings. The second-order valence-corrected chi connectivity index (χ2v) is 4.64. The lowest BCUT2D eigenvalue weighted by molar-refractivity contribution is 0.833. The Labute approximate surface area is 124 Å². The fourth-order valence-electron chi connectivity index (χ4n) is 1.98. The van der Waals surface area contributed by atoms with Gasteiger partial charge in [0, 0.05) is 12.0 Å². The van der Waals surface area contributed by atoms with Crippen LogP contribution in [0.3, 0.4) is 0 Å². The average Bonchev–Trinajstić information content (AvgIpc) is 2.51. The maximum Gasteiger partial charge on any atom is 0.148 e. The zero-order chi connectivity index (χ0) is 15.2. The molecule has 1 aromatic heterocycles. The molecule has 0 radical (unpaired) electrons. The van der Waals surface area contributed by atoms with Crippen LogP contribution in [0.25, 0.3) is 0 Å². The molecule has 0 aliphatic carbocycles. The van der Waals surface area contributed by atoms with Gasteiger partial charge in [-0.2, -0.15) is 5.26 Å². The average molecular weight is 282 g/mol. The monoisotopic (exact) mass is 282 g/mol. The fourth-order valence-corrected chi connectivity index (χ4v) is 1.98. The minimum Gasteiger partial charge on any atom is -0.339 e. The summed E-state index contributed by atoms with van der Waals surface area (Å²) in [7, 11) is 0. The third-order valence-corrected chi connectivity index (χ3v) is 3.10. The second-order valence-electron chi connectivity index (χ2n) is 4.64. The number of para-hydroxylation sites is 1. The smallest absolute Gasteiger partial charge is 0.148 e. The highest BCUT2D eigenvalue weighted by Crippen LogP contribution is 2.25. The summed E-state index contributed by atoms with van der Waals surface area (Å²) in [5.41, 5.74) is 4.68. The number of nitriles is 1. The predicted octanol–water partition coefficient (Wildman–Crippen LogP) is 2.64. The molecule has 6 nitrogen and oxygen atoms in total. The summed E-state index contributed by atoms with van der Waals surface area (Å²) in [5, 5.41) is 12.3. The van der Waals surface area contributed by atoms with Crippen molar-refractivity contribution >= 4 is 17.3 Å². The van der Waals surface area contributed by atoms with Crippen LogP contribution in [0, 0.1) is 18.3 Å². The van der Waals surface area contributed by atoms with Gasteiger partial charge in [-0.05, 0) is 25.5 Å². The van der Waals surface area contributed by atoms with Crippen LogP contribution in [0.15, 0.2) is 24.3 Å². The molecule has 0 spiro atoms. The molecule has 0 saturated carbocycles. The van der Waals surface area contributed by atoms with Crippen LogP contribution in [0.1, 0.15) is 30.3 Å². The highest BCUT2D eigenvalue weighted by Gasteiger charge is 2.11. The van der Waals surface area contributed by atoms with E-state index < -0.39 is 0 Å². The van der Waals surface area contributed by atoms with Crippen LogP contribution in [-0.2, 0) is 6.42 Å². The molecule has 0 saturated heterocycles. The number of aromatic nitrogens is 2. The largest absolute Gasteiger partial charge is 0.339 e.